The highest BCUT2D eigenvalue weighted by Gasteiger charge is 2.55. The van der Waals surface area contributed by atoms with Gasteiger partial charge >= 0.3 is 5.97 Å². The Hall–Kier alpha value is -1.06. The fourth-order valence-corrected chi connectivity index (χ4v) is 6.42. The van der Waals surface area contributed by atoms with Crippen LogP contribution in [0.1, 0.15) is 71.1 Å². The SMILES string of the molecule is C[C@H]1CCCC[C@H]1NC(=O)COC(=O)C12CC3CC(CC(C3)C1)C2. The first-order valence-electron chi connectivity index (χ1n) is 10.0. The smallest absolute Gasteiger partial charge is 0.312 e. The van der Waals surface area contributed by atoms with Gasteiger partial charge in [0.1, 0.15) is 0 Å². The van der Waals surface area contributed by atoms with E-state index in [4.69, 9.17) is 4.74 Å². The molecule has 1 N–H and O–H groups in total. The second-order valence-corrected chi connectivity index (χ2v) is 9.21. The molecule has 0 aromatic rings. The van der Waals surface area contributed by atoms with Crippen molar-refractivity contribution in [2.75, 3.05) is 6.61 Å². The van der Waals surface area contributed by atoms with E-state index in [0.717, 1.165) is 43.4 Å². The fourth-order valence-electron chi connectivity index (χ4n) is 6.42. The van der Waals surface area contributed by atoms with E-state index in [0.29, 0.717) is 5.92 Å². The number of nitrogens with one attached hydrogen (secondary N) is 1. The van der Waals surface area contributed by atoms with Gasteiger partial charge < -0.3 is 10.1 Å². The molecule has 2 atom stereocenters. The number of carbonyl (C=O) groups excluding carboxylic acids is 2. The molecular weight excluding hydrogens is 302 g/mol. The van der Waals surface area contributed by atoms with E-state index < -0.39 is 0 Å². The Kier molecular flexibility index (Phi) is 4.34. The Morgan fingerprint density at radius 1 is 1.00 bits per heavy atom. The molecule has 4 heteroatoms. The minimum atomic E-state index is -0.257. The zero-order valence-electron chi connectivity index (χ0n) is 14.9. The minimum Gasteiger partial charge on any atom is -0.455 e. The summed E-state index contributed by atoms with van der Waals surface area (Å²) in [7, 11) is 0. The lowest BCUT2D eigenvalue weighted by molar-refractivity contribution is -0.173. The Morgan fingerprint density at radius 2 is 1.58 bits per heavy atom. The molecule has 4 nitrogen and oxygen atoms in total. The van der Waals surface area contributed by atoms with Crippen molar-refractivity contribution in [3.63, 3.8) is 0 Å². The maximum absolute atomic E-state index is 12.8. The summed E-state index contributed by atoms with van der Waals surface area (Å²) in [5.74, 6) is 2.49. The average Bonchev–Trinajstić information content (AvgIpc) is 2.53. The van der Waals surface area contributed by atoms with Gasteiger partial charge in [-0.1, -0.05) is 19.8 Å². The van der Waals surface area contributed by atoms with Crippen LogP contribution in [0.2, 0.25) is 0 Å². The van der Waals surface area contributed by atoms with E-state index in [-0.39, 0.29) is 29.9 Å². The zero-order valence-corrected chi connectivity index (χ0v) is 14.9. The summed E-state index contributed by atoms with van der Waals surface area (Å²) in [6, 6.07) is 0.254. The van der Waals surface area contributed by atoms with Crippen molar-refractivity contribution in [3.8, 4) is 0 Å². The zero-order chi connectivity index (χ0) is 16.7. The molecule has 1 amide bonds. The highest BCUT2D eigenvalue weighted by atomic mass is 16.5. The van der Waals surface area contributed by atoms with E-state index in [1.165, 1.54) is 38.5 Å². The van der Waals surface area contributed by atoms with Crippen LogP contribution in [0.5, 0.6) is 0 Å². The Morgan fingerprint density at radius 3 is 2.17 bits per heavy atom. The van der Waals surface area contributed by atoms with Crippen LogP contribution in [0.15, 0.2) is 0 Å². The molecular formula is C20H31NO3. The summed E-state index contributed by atoms with van der Waals surface area (Å²) in [4.78, 5) is 25.0. The number of amides is 1. The van der Waals surface area contributed by atoms with Gasteiger partial charge in [0.05, 0.1) is 5.41 Å². The molecule has 4 bridgehead atoms. The molecule has 0 saturated heterocycles. The van der Waals surface area contributed by atoms with Gasteiger partial charge in [-0.15, -0.1) is 0 Å². The predicted molar refractivity (Wildman–Crippen MR) is 91.1 cm³/mol. The lowest BCUT2D eigenvalue weighted by Crippen LogP contribution is -2.51. The maximum Gasteiger partial charge on any atom is 0.312 e. The second-order valence-electron chi connectivity index (χ2n) is 9.21. The molecule has 0 aliphatic heterocycles. The first kappa shape index (κ1) is 16.4. The summed E-state index contributed by atoms with van der Waals surface area (Å²) < 4.78 is 5.51. The molecule has 5 aliphatic rings. The molecule has 0 radical (unpaired) electrons. The van der Waals surface area contributed by atoms with Crippen molar-refractivity contribution >= 4 is 11.9 Å². The fraction of sp³-hybridized carbons (Fsp3) is 0.900. The van der Waals surface area contributed by atoms with Crippen molar-refractivity contribution in [2.24, 2.45) is 29.1 Å². The predicted octanol–water partition coefficient (Wildman–Crippen LogP) is 3.44. The van der Waals surface area contributed by atoms with E-state index in [1.807, 2.05) is 0 Å². The van der Waals surface area contributed by atoms with E-state index in [1.54, 1.807) is 0 Å². The average molecular weight is 333 g/mol. The Labute approximate surface area is 145 Å². The van der Waals surface area contributed by atoms with Gasteiger partial charge in [0, 0.05) is 6.04 Å². The third-order valence-electron chi connectivity index (χ3n) is 7.26. The number of rotatable bonds is 4. The Balaban J connectivity index is 1.29. The lowest BCUT2D eigenvalue weighted by Gasteiger charge is -2.55. The summed E-state index contributed by atoms with van der Waals surface area (Å²) in [5.41, 5.74) is -0.257. The van der Waals surface area contributed by atoms with Gasteiger partial charge in [0.25, 0.3) is 5.91 Å². The summed E-state index contributed by atoms with van der Waals surface area (Å²) in [5, 5.41) is 3.08. The van der Waals surface area contributed by atoms with Crippen molar-refractivity contribution in [1.82, 2.24) is 5.32 Å². The largest absolute Gasteiger partial charge is 0.455 e. The molecule has 0 aromatic heterocycles. The second kappa shape index (κ2) is 6.34. The van der Waals surface area contributed by atoms with Crippen LogP contribution in [0.25, 0.3) is 0 Å². The maximum atomic E-state index is 12.8. The third-order valence-corrected chi connectivity index (χ3v) is 7.26. The molecule has 5 fully saturated rings. The molecule has 0 aromatic carbocycles. The number of carbonyl (C=O) groups is 2. The minimum absolute atomic E-state index is 0.0894. The van der Waals surface area contributed by atoms with Gasteiger partial charge in [0.15, 0.2) is 6.61 Å². The van der Waals surface area contributed by atoms with Gasteiger partial charge in [-0.05, 0) is 75.0 Å². The van der Waals surface area contributed by atoms with Crippen LogP contribution in [0, 0.1) is 29.1 Å². The van der Waals surface area contributed by atoms with Crippen molar-refractivity contribution < 1.29 is 14.3 Å². The number of hydrogen-bond donors (Lipinski definition) is 1. The van der Waals surface area contributed by atoms with Crippen molar-refractivity contribution in [2.45, 2.75) is 77.2 Å². The molecule has 134 valence electrons. The van der Waals surface area contributed by atoms with Crippen molar-refractivity contribution in [3.05, 3.63) is 0 Å². The van der Waals surface area contributed by atoms with Crippen LogP contribution in [-0.4, -0.2) is 24.5 Å². The first-order chi connectivity index (χ1) is 11.5. The summed E-state index contributed by atoms with van der Waals surface area (Å²) in [6.45, 7) is 2.11. The molecule has 0 spiro atoms. The van der Waals surface area contributed by atoms with E-state index >= 15 is 0 Å². The first-order valence-corrected chi connectivity index (χ1v) is 10.0. The molecule has 5 aliphatic carbocycles. The van der Waals surface area contributed by atoms with Crippen LogP contribution in [-0.2, 0) is 14.3 Å². The van der Waals surface area contributed by atoms with Gasteiger partial charge in [-0.2, -0.15) is 0 Å². The van der Waals surface area contributed by atoms with Gasteiger partial charge in [0.2, 0.25) is 0 Å². The van der Waals surface area contributed by atoms with E-state index in [2.05, 4.69) is 12.2 Å². The lowest BCUT2D eigenvalue weighted by atomic mass is 9.49. The standard InChI is InChI=1S/C20H31NO3/c1-13-4-2-3-5-17(13)21-18(22)12-24-19(23)20-9-14-6-15(10-20)8-16(7-14)11-20/h13-17H,2-12H2,1H3,(H,21,22)/t13-,14?,15?,16?,17+,20?/m0/s1. The molecule has 24 heavy (non-hydrogen) atoms. The van der Waals surface area contributed by atoms with Crippen LogP contribution >= 0.6 is 0 Å². The molecule has 0 heterocycles. The topological polar surface area (TPSA) is 55.4 Å². The van der Waals surface area contributed by atoms with Gasteiger partial charge in [-0.25, -0.2) is 0 Å². The number of hydrogen-bond acceptors (Lipinski definition) is 3. The summed E-state index contributed by atoms with van der Waals surface area (Å²) in [6.07, 6.45) is 11.6. The quantitative estimate of drug-likeness (QED) is 0.802. The normalized spacial score (nSPS) is 43.5. The number of esters is 1. The molecule has 0 unspecified atom stereocenters. The third kappa shape index (κ3) is 3.09. The monoisotopic (exact) mass is 333 g/mol. The molecule has 5 saturated carbocycles. The molecule has 5 rings (SSSR count). The van der Waals surface area contributed by atoms with Crippen LogP contribution in [0.4, 0.5) is 0 Å². The van der Waals surface area contributed by atoms with Crippen molar-refractivity contribution in [1.29, 1.82) is 0 Å². The highest BCUT2D eigenvalue weighted by Crippen LogP contribution is 2.60. The van der Waals surface area contributed by atoms with Gasteiger partial charge in [-0.3, -0.25) is 9.59 Å². The highest BCUT2D eigenvalue weighted by molar-refractivity contribution is 5.83. The summed E-state index contributed by atoms with van der Waals surface area (Å²) >= 11 is 0. The van der Waals surface area contributed by atoms with E-state index in [9.17, 15) is 9.59 Å². The van der Waals surface area contributed by atoms with Crippen LogP contribution in [0.3, 0.4) is 0 Å². The Bertz CT molecular complexity index is 480. The van der Waals surface area contributed by atoms with Crippen LogP contribution < -0.4 is 5.32 Å². The number of ether oxygens (including phenoxy) is 1.